The zero-order chi connectivity index (χ0) is 15.5. The number of nitrogens with one attached hydrogen (secondary N) is 1. The van der Waals surface area contributed by atoms with Gasteiger partial charge in [-0.2, -0.15) is 0 Å². The number of hydrogen-bond donors (Lipinski definition) is 2. The average Bonchev–Trinajstić information content (AvgIpc) is 2.45. The Labute approximate surface area is 125 Å². The Hall–Kier alpha value is -1.81. The molecule has 0 bridgehead atoms. The van der Waals surface area contributed by atoms with E-state index in [1.165, 1.54) is 18.3 Å². The first-order valence-electron chi connectivity index (χ1n) is 6.37. The highest BCUT2D eigenvalue weighted by atomic mass is 35.5. The quantitative estimate of drug-likeness (QED) is 0.829. The van der Waals surface area contributed by atoms with Crippen molar-refractivity contribution in [3.8, 4) is 0 Å². The molecule has 110 valence electrons. The van der Waals surface area contributed by atoms with Gasteiger partial charge < -0.3 is 11.1 Å². The SMILES string of the molecule is C=CN.CC.CC1N=C(c2cccc(F)c2)NC=C1Cl. The Morgan fingerprint density at radius 1 is 1.45 bits per heavy atom. The van der Waals surface area contributed by atoms with Gasteiger partial charge in [0.25, 0.3) is 0 Å². The van der Waals surface area contributed by atoms with Crippen LogP contribution in [0.1, 0.15) is 26.3 Å². The molecule has 3 N–H and O–H groups in total. The lowest BCUT2D eigenvalue weighted by atomic mass is 10.1. The summed E-state index contributed by atoms with van der Waals surface area (Å²) in [5, 5.41) is 3.58. The van der Waals surface area contributed by atoms with E-state index in [1.54, 1.807) is 18.3 Å². The number of nitrogens with two attached hydrogens (primary N) is 1. The highest BCUT2D eigenvalue weighted by Crippen LogP contribution is 2.16. The van der Waals surface area contributed by atoms with Gasteiger partial charge in [0.1, 0.15) is 11.7 Å². The first-order chi connectivity index (χ1) is 9.58. The molecule has 1 aliphatic heterocycles. The Morgan fingerprint density at radius 3 is 2.55 bits per heavy atom. The molecule has 1 aromatic carbocycles. The maximum Gasteiger partial charge on any atom is 0.133 e. The molecule has 1 heterocycles. The second-order valence-electron chi connectivity index (χ2n) is 3.57. The van der Waals surface area contributed by atoms with Crippen LogP contribution >= 0.6 is 11.6 Å². The predicted molar refractivity (Wildman–Crippen MR) is 85.2 cm³/mol. The van der Waals surface area contributed by atoms with Gasteiger partial charge in [-0.15, -0.1) is 0 Å². The van der Waals surface area contributed by atoms with Crippen LogP contribution < -0.4 is 11.1 Å². The first-order valence-corrected chi connectivity index (χ1v) is 6.74. The van der Waals surface area contributed by atoms with Crippen molar-refractivity contribution in [2.75, 3.05) is 0 Å². The van der Waals surface area contributed by atoms with Gasteiger partial charge in [-0.1, -0.05) is 44.2 Å². The summed E-state index contributed by atoms with van der Waals surface area (Å²) in [6, 6.07) is 6.21. The summed E-state index contributed by atoms with van der Waals surface area (Å²) in [7, 11) is 0. The van der Waals surface area contributed by atoms with Crippen LogP contribution in [0.25, 0.3) is 0 Å². The van der Waals surface area contributed by atoms with Gasteiger partial charge in [0.2, 0.25) is 0 Å². The zero-order valence-electron chi connectivity index (χ0n) is 12.0. The van der Waals surface area contributed by atoms with Crippen LogP contribution in [0.4, 0.5) is 4.39 Å². The van der Waals surface area contributed by atoms with E-state index in [9.17, 15) is 4.39 Å². The third kappa shape index (κ3) is 5.89. The number of amidine groups is 1. The van der Waals surface area contributed by atoms with E-state index in [0.717, 1.165) is 5.56 Å². The second kappa shape index (κ2) is 10.0. The topological polar surface area (TPSA) is 50.4 Å². The maximum atomic E-state index is 13.0. The number of nitrogens with zero attached hydrogens (tertiary/aromatic N) is 1. The van der Waals surface area contributed by atoms with E-state index >= 15 is 0 Å². The average molecular weight is 298 g/mol. The molecule has 0 fully saturated rings. The van der Waals surface area contributed by atoms with Gasteiger partial charge in [0.15, 0.2) is 0 Å². The summed E-state index contributed by atoms with van der Waals surface area (Å²) >= 11 is 5.87. The summed E-state index contributed by atoms with van der Waals surface area (Å²) < 4.78 is 13.0. The van der Waals surface area contributed by atoms with Crippen LogP contribution in [0.5, 0.6) is 0 Å². The Bertz CT molecular complexity index is 484. The van der Waals surface area contributed by atoms with E-state index in [0.29, 0.717) is 10.9 Å². The Morgan fingerprint density at radius 2 is 2.05 bits per heavy atom. The normalized spacial score (nSPS) is 16.1. The predicted octanol–water partition coefficient (Wildman–Crippen LogP) is 3.76. The van der Waals surface area contributed by atoms with Gasteiger partial charge >= 0.3 is 0 Å². The van der Waals surface area contributed by atoms with E-state index in [2.05, 4.69) is 22.6 Å². The minimum absolute atomic E-state index is 0.0776. The van der Waals surface area contributed by atoms with Gasteiger partial charge in [-0.25, -0.2) is 4.39 Å². The van der Waals surface area contributed by atoms with E-state index in [1.807, 2.05) is 20.8 Å². The van der Waals surface area contributed by atoms with Crippen LogP contribution in [0.15, 0.2) is 53.3 Å². The van der Waals surface area contributed by atoms with Gasteiger partial charge in [0, 0.05) is 11.8 Å². The lowest BCUT2D eigenvalue weighted by Gasteiger charge is -2.16. The fourth-order valence-electron chi connectivity index (χ4n) is 1.34. The molecule has 1 aliphatic rings. The van der Waals surface area contributed by atoms with Crippen molar-refractivity contribution in [3.63, 3.8) is 0 Å². The number of halogens is 2. The molecule has 0 saturated heterocycles. The lowest BCUT2D eigenvalue weighted by Crippen LogP contribution is -2.26. The molecule has 0 aromatic heterocycles. The van der Waals surface area contributed by atoms with E-state index in [-0.39, 0.29) is 11.9 Å². The van der Waals surface area contributed by atoms with Gasteiger partial charge in [0.05, 0.1) is 11.1 Å². The third-order valence-corrected chi connectivity index (χ3v) is 2.59. The van der Waals surface area contributed by atoms with Crippen LogP contribution in [-0.2, 0) is 0 Å². The summed E-state index contributed by atoms with van der Waals surface area (Å²) in [5.74, 6) is 0.372. The van der Waals surface area contributed by atoms with Crippen molar-refractivity contribution in [1.82, 2.24) is 5.32 Å². The van der Waals surface area contributed by atoms with Crippen molar-refractivity contribution < 1.29 is 4.39 Å². The highest BCUT2D eigenvalue weighted by Gasteiger charge is 2.13. The molecule has 0 aliphatic carbocycles. The largest absolute Gasteiger partial charge is 0.405 e. The highest BCUT2D eigenvalue weighted by molar-refractivity contribution is 6.30. The van der Waals surface area contributed by atoms with Crippen LogP contribution in [0.2, 0.25) is 0 Å². The van der Waals surface area contributed by atoms with E-state index in [4.69, 9.17) is 11.6 Å². The first kappa shape index (κ1) is 18.2. The molecular weight excluding hydrogens is 277 g/mol. The van der Waals surface area contributed by atoms with E-state index < -0.39 is 0 Å². The third-order valence-electron chi connectivity index (χ3n) is 2.17. The van der Waals surface area contributed by atoms with Crippen molar-refractivity contribution in [2.24, 2.45) is 10.7 Å². The Balaban J connectivity index is 0.000000641. The molecule has 2 rings (SSSR count). The molecule has 1 unspecified atom stereocenters. The molecular formula is C15H21ClFN3. The molecule has 20 heavy (non-hydrogen) atoms. The molecule has 0 amide bonds. The fraction of sp³-hybridized carbons (Fsp3) is 0.267. The summed E-state index contributed by atoms with van der Waals surface area (Å²) in [5.41, 5.74) is 5.34. The van der Waals surface area contributed by atoms with Gasteiger partial charge in [-0.05, 0) is 25.3 Å². The summed E-state index contributed by atoms with van der Waals surface area (Å²) in [4.78, 5) is 4.31. The van der Waals surface area contributed by atoms with Crippen LogP contribution in [-0.4, -0.2) is 11.9 Å². The fourth-order valence-corrected chi connectivity index (χ4v) is 1.45. The van der Waals surface area contributed by atoms with Crippen molar-refractivity contribution in [2.45, 2.75) is 26.8 Å². The molecule has 0 saturated carbocycles. The van der Waals surface area contributed by atoms with Crippen molar-refractivity contribution in [3.05, 3.63) is 59.7 Å². The number of aliphatic imine (C=N–C) groups is 1. The smallest absolute Gasteiger partial charge is 0.133 e. The Kier molecular flexibility index (Phi) is 9.13. The number of hydrogen-bond acceptors (Lipinski definition) is 3. The molecule has 1 atom stereocenters. The second-order valence-corrected chi connectivity index (χ2v) is 4.01. The van der Waals surface area contributed by atoms with Gasteiger partial charge in [-0.3, -0.25) is 4.99 Å². The number of benzene rings is 1. The maximum absolute atomic E-state index is 13.0. The molecule has 0 radical (unpaired) electrons. The minimum atomic E-state index is -0.273. The van der Waals surface area contributed by atoms with Crippen molar-refractivity contribution >= 4 is 17.4 Å². The van der Waals surface area contributed by atoms with Crippen LogP contribution in [0.3, 0.4) is 0 Å². The lowest BCUT2D eigenvalue weighted by molar-refractivity contribution is 0.627. The molecule has 0 spiro atoms. The summed E-state index contributed by atoms with van der Waals surface area (Å²) in [6.07, 6.45) is 2.93. The van der Waals surface area contributed by atoms with Crippen LogP contribution in [0, 0.1) is 5.82 Å². The minimum Gasteiger partial charge on any atom is -0.405 e. The molecule has 3 nitrogen and oxygen atoms in total. The molecule has 1 aromatic rings. The zero-order valence-corrected chi connectivity index (χ0v) is 12.8. The standard InChI is InChI=1S/C11H10ClFN2.C2H5N.C2H6/c1-7-10(12)6-14-11(15-7)8-3-2-4-9(13)5-8;1-2-3;1-2/h2-7H,1H3,(H,14,15);2H,1,3H2;1-2H3. The van der Waals surface area contributed by atoms with Crippen molar-refractivity contribution in [1.29, 1.82) is 0 Å². The summed E-state index contributed by atoms with van der Waals surface area (Å²) in [6.45, 7) is 9.03. The monoisotopic (exact) mass is 297 g/mol. The molecule has 5 heteroatoms. The number of rotatable bonds is 1.